The minimum Gasteiger partial charge on any atom is -0.341 e. The molecule has 2 heterocycles. The highest BCUT2D eigenvalue weighted by Crippen LogP contribution is 2.37. The van der Waals surface area contributed by atoms with Crippen LogP contribution in [0.4, 0.5) is 0 Å². The lowest BCUT2D eigenvalue weighted by atomic mass is 10.1. The number of rotatable bonds is 4. The van der Waals surface area contributed by atoms with Gasteiger partial charge in [-0.05, 0) is 25.0 Å². The van der Waals surface area contributed by atoms with E-state index in [1.807, 2.05) is 25.1 Å². The molecule has 1 aromatic carbocycles. The van der Waals surface area contributed by atoms with Gasteiger partial charge in [0.15, 0.2) is 5.65 Å². The maximum atomic E-state index is 6.36. The second-order valence-corrected chi connectivity index (χ2v) is 6.20. The maximum absolute atomic E-state index is 6.36. The van der Waals surface area contributed by atoms with Gasteiger partial charge >= 0.3 is 0 Å². The van der Waals surface area contributed by atoms with Crippen LogP contribution in [0.2, 0.25) is 5.02 Å². The minimum absolute atomic E-state index is 0.0698. The molecule has 0 spiro atoms. The number of H-pyrrole nitrogens is 1. The van der Waals surface area contributed by atoms with E-state index in [1.165, 1.54) is 18.1 Å². The van der Waals surface area contributed by atoms with E-state index in [4.69, 9.17) is 17.3 Å². The Morgan fingerprint density at radius 2 is 2.19 bits per heavy atom. The Balaban J connectivity index is 2.03. The monoisotopic (exact) mass is 319 g/mol. The summed E-state index contributed by atoms with van der Waals surface area (Å²) in [6.07, 6.45) is 3.88. The van der Waals surface area contributed by atoms with Gasteiger partial charge in [-0.15, -0.1) is 0 Å². The van der Waals surface area contributed by atoms with Crippen LogP contribution in [0, 0.1) is 0 Å². The molecule has 0 bridgehead atoms. The van der Waals surface area contributed by atoms with E-state index >= 15 is 0 Å². The fourth-order valence-corrected chi connectivity index (χ4v) is 3.40. The highest BCUT2D eigenvalue weighted by atomic mass is 35.5. The third-order valence-electron chi connectivity index (χ3n) is 2.98. The van der Waals surface area contributed by atoms with E-state index in [2.05, 4.69) is 19.9 Å². The van der Waals surface area contributed by atoms with Crippen LogP contribution in [0.1, 0.15) is 12.5 Å². The number of hydrogen-bond donors (Lipinski definition) is 2. The summed E-state index contributed by atoms with van der Waals surface area (Å²) in [4.78, 5) is 16.6. The molecule has 5 nitrogen and oxygen atoms in total. The molecule has 1 atom stereocenters. The zero-order valence-corrected chi connectivity index (χ0v) is 12.9. The molecule has 3 N–H and O–H groups in total. The van der Waals surface area contributed by atoms with Crippen molar-refractivity contribution in [2.75, 3.05) is 0 Å². The first-order valence-electron chi connectivity index (χ1n) is 6.50. The Hall–Kier alpha value is -1.63. The second kappa shape index (κ2) is 6.01. The molecule has 21 heavy (non-hydrogen) atoms. The first kappa shape index (κ1) is 14.3. The molecule has 0 saturated carbocycles. The number of aromatic amines is 1. The summed E-state index contributed by atoms with van der Waals surface area (Å²) in [7, 11) is 0. The zero-order chi connectivity index (χ0) is 14.8. The van der Waals surface area contributed by atoms with Crippen molar-refractivity contribution in [3.05, 3.63) is 41.4 Å². The topological polar surface area (TPSA) is 80.5 Å². The van der Waals surface area contributed by atoms with Gasteiger partial charge < -0.3 is 10.7 Å². The van der Waals surface area contributed by atoms with Crippen LogP contribution in [-0.4, -0.2) is 26.0 Å². The molecule has 0 aliphatic carbocycles. The van der Waals surface area contributed by atoms with E-state index in [9.17, 15) is 0 Å². The van der Waals surface area contributed by atoms with Gasteiger partial charge in [0.1, 0.15) is 16.9 Å². The highest BCUT2D eigenvalue weighted by molar-refractivity contribution is 7.99. The van der Waals surface area contributed by atoms with Crippen molar-refractivity contribution in [1.82, 2.24) is 19.9 Å². The molecule has 0 fully saturated rings. The van der Waals surface area contributed by atoms with Crippen molar-refractivity contribution in [3.8, 4) is 0 Å². The van der Waals surface area contributed by atoms with Crippen molar-refractivity contribution >= 4 is 34.5 Å². The smallest absolute Gasteiger partial charge is 0.181 e. The number of hydrogen-bond acceptors (Lipinski definition) is 5. The first-order chi connectivity index (χ1) is 10.1. The predicted octanol–water partition coefficient (Wildman–Crippen LogP) is 3.05. The summed E-state index contributed by atoms with van der Waals surface area (Å²) in [5.41, 5.74) is 8.50. The van der Waals surface area contributed by atoms with Crippen LogP contribution in [0.5, 0.6) is 0 Å². The summed E-state index contributed by atoms with van der Waals surface area (Å²) in [6.45, 7) is 1.98. The van der Waals surface area contributed by atoms with Gasteiger partial charge in [-0.2, -0.15) is 0 Å². The van der Waals surface area contributed by atoms with E-state index in [-0.39, 0.29) is 6.04 Å². The van der Waals surface area contributed by atoms with E-state index in [1.54, 1.807) is 6.33 Å². The number of aromatic nitrogens is 4. The Labute approximate surface area is 131 Å². The van der Waals surface area contributed by atoms with Gasteiger partial charge in [-0.1, -0.05) is 35.5 Å². The number of halogens is 1. The van der Waals surface area contributed by atoms with Gasteiger partial charge in [0, 0.05) is 10.9 Å². The Morgan fingerprint density at radius 1 is 1.33 bits per heavy atom. The molecule has 1 unspecified atom stereocenters. The lowest BCUT2D eigenvalue weighted by molar-refractivity contribution is 0.729. The summed E-state index contributed by atoms with van der Waals surface area (Å²) < 4.78 is 0. The molecule has 0 saturated heterocycles. The molecule has 0 radical (unpaired) electrons. The summed E-state index contributed by atoms with van der Waals surface area (Å²) in [5, 5.41) is 1.50. The van der Waals surface area contributed by atoms with Gasteiger partial charge in [0.2, 0.25) is 0 Å². The van der Waals surface area contributed by atoms with Crippen molar-refractivity contribution in [2.24, 2.45) is 5.73 Å². The third kappa shape index (κ3) is 3.02. The summed E-state index contributed by atoms with van der Waals surface area (Å²) >= 11 is 7.86. The number of nitrogens with two attached hydrogens (primary N) is 1. The molecule has 2 aromatic heterocycles. The molecule has 3 rings (SSSR count). The van der Waals surface area contributed by atoms with Crippen molar-refractivity contribution in [1.29, 1.82) is 0 Å². The number of nitrogens with zero attached hydrogens (tertiary/aromatic N) is 3. The van der Waals surface area contributed by atoms with E-state index in [0.717, 1.165) is 27.4 Å². The SMILES string of the molecule is CC(N)Cc1cccc(Cl)c1Sc1ncnc2nc[nH]c12. The molecule has 0 aliphatic heterocycles. The van der Waals surface area contributed by atoms with E-state index in [0.29, 0.717) is 10.7 Å². The first-order valence-corrected chi connectivity index (χ1v) is 7.69. The van der Waals surface area contributed by atoms with E-state index < -0.39 is 0 Å². The third-order valence-corrected chi connectivity index (χ3v) is 4.59. The normalized spacial score (nSPS) is 12.7. The number of imidazole rings is 1. The number of fused-ring (bicyclic) bond motifs is 1. The summed E-state index contributed by atoms with van der Waals surface area (Å²) in [5.74, 6) is 0. The number of nitrogens with one attached hydrogen (secondary N) is 1. The van der Waals surface area contributed by atoms with Crippen molar-refractivity contribution in [3.63, 3.8) is 0 Å². The Bertz CT molecular complexity index is 771. The average Bonchev–Trinajstić information content (AvgIpc) is 2.91. The van der Waals surface area contributed by atoms with Crippen molar-refractivity contribution in [2.45, 2.75) is 29.3 Å². The minimum atomic E-state index is 0.0698. The average molecular weight is 320 g/mol. The van der Waals surface area contributed by atoms with Gasteiger partial charge in [0.25, 0.3) is 0 Å². The fourth-order valence-electron chi connectivity index (χ4n) is 2.09. The fraction of sp³-hybridized carbons (Fsp3) is 0.214. The Morgan fingerprint density at radius 3 is 3.00 bits per heavy atom. The lowest BCUT2D eigenvalue weighted by Gasteiger charge is -2.12. The van der Waals surface area contributed by atoms with Gasteiger partial charge in [-0.3, -0.25) is 0 Å². The summed E-state index contributed by atoms with van der Waals surface area (Å²) in [6, 6.07) is 5.93. The molecule has 0 aliphatic rings. The standard InChI is InChI=1S/C14H14ClN5S/c1-8(16)5-9-3-2-4-10(15)12(9)21-14-11-13(18-6-17-11)19-7-20-14/h2-4,6-8H,5,16H2,1H3,(H,17,18,19,20). The lowest BCUT2D eigenvalue weighted by Crippen LogP contribution is -2.18. The molecule has 0 amide bonds. The van der Waals surface area contributed by atoms with Crippen LogP contribution in [-0.2, 0) is 6.42 Å². The van der Waals surface area contributed by atoms with Crippen LogP contribution in [0.3, 0.4) is 0 Å². The second-order valence-electron chi connectivity index (χ2n) is 4.79. The molecular formula is C14H14ClN5S. The van der Waals surface area contributed by atoms with Gasteiger partial charge in [-0.25, -0.2) is 15.0 Å². The van der Waals surface area contributed by atoms with Crippen molar-refractivity contribution < 1.29 is 0 Å². The van der Waals surface area contributed by atoms with Crippen LogP contribution in [0.25, 0.3) is 11.2 Å². The quantitative estimate of drug-likeness (QED) is 0.722. The molecule has 108 valence electrons. The maximum Gasteiger partial charge on any atom is 0.181 e. The van der Waals surface area contributed by atoms with Crippen LogP contribution in [0.15, 0.2) is 40.8 Å². The van der Waals surface area contributed by atoms with Crippen LogP contribution >= 0.6 is 23.4 Å². The largest absolute Gasteiger partial charge is 0.341 e. The van der Waals surface area contributed by atoms with Crippen LogP contribution < -0.4 is 5.73 Å². The molecule has 3 aromatic rings. The Kier molecular flexibility index (Phi) is 4.10. The predicted molar refractivity (Wildman–Crippen MR) is 84.6 cm³/mol. The highest BCUT2D eigenvalue weighted by Gasteiger charge is 2.14. The molecular weight excluding hydrogens is 306 g/mol. The van der Waals surface area contributed by atoms with Gasteiger partial charge in [0.05, 0.1) is 11.3 Å². The molecule has 7 heteroatoms. The zero-order valence-electron chi connectivity index (χ0n) is 11.4. The number of benzene rings is 1.